The molecule has 0 radical (unpaired) electrons. The van der Waals surface area contributed by atoms with Gasteiger partial charge in [-0.3, -0.25) is 9.48 Å². The number of nitrogens with zero attached hydrogens (tertiary/aromatic N) is 3. The lowest BCUT2D eigenvalue weighted by molar-refractivity contribution is 0.0726. The fraction of sp³-hybridized carbons (Fsp3) is 0.273. The van der Waals surface area contributed by atoms with E-state index in [-0.39, 0.29) is 48.9 Å². The van der Waals surface area contributed by atoms with Crippen molar-refractivity contribution in [3.63, 3.8) is 0 Å². The van der Waals surface area contributed by atoms with E-state index in [4.69, 9.17) is 4.74 Å². The number of amides is 1. The normalized spacial score (nSPS) is 13.2. The van der Waals surface area contributed by atoms with Crippen LogP contribution in [0.4, 0.5) is 17.1 Å². The van der Waals surface area contributed by atoms with Gasteiger partial charge in [-0.25, -0.2) is 13.2 Å². The third-order valence-electron chi connectivity index (χ3n) is 5.24. The second-order valence-electron chi connectivity index (χ2n) is 7.31. The van der Waals surface area contributed by atoms with Crippen LogP contribution in [0.15, 0.2) is 36.4 Å². The summed E-state index contributed by atoms with van der Waals surface area (Å²) >= 11 is 0.0833. The van der Waals surface area contributed by atoms with E-state index in [2.05, 4.69) is 5.10 Å². The molecule has 0 N–H and O–H groups in total. The van der Waals surface area contributed by atoms with Crippen LogP contribution in [0.3, 0.4) is 0 Å². The molecule has 10 heteroatoms. The van der Waals surface area contributed by atoms with Crippen LogP contribution < -0.4 is 4.74 Å². The number of hydrogen-bond donors (Lipinski definition) is 0. The van der Waals surface area contributed by atoms with Gasteiger partial charge in [0, 0.05) is 42.9 Å². The fourth-order valence-electron chi connectivity index (χ4n) is 3.89. The highest BCUT2D eigenvalue weighted by Gasteiger charge is 2.29. The molecule has 2 heterocycles. The zero-order valence-corrected chi connectivity index (χ0v) is 17.9. The molecule has 1 amide bonds. The van der Waals surface area contributed by atoms with Gasteiger partial charge in [-0.2, -0.15) is 8.98 Å². The van der Waals surface area contributed by atoms with Crippen LogP contribution in [-0.2, 0) is 20.0 Å². The first kappa shape index (κ1) is 22.2. The summed E-state index contributed by atoms with van der Waals surface area (Å²) in [5, 5.41) is 4.42. The Bertz CT molecular complexity index is 1150. The van der Waals surface area contributed by atoms with Gasteiger partial charge in [-0.15, -0.1) is 0 Å². The Morgan fingerprint density at radius 2 is 1.94 bits per heavy atom. The molecule has 0 saturated heterocycles. The first-order chi connectivity index (χ1) is 15.4. The molecule has 0 unspecified atom stereocenters. The van der Waals surface area contributed by atoms with E-state index in [1.165, 1.54) is 39.9 Å². The molecule has 1 aliphatic heterocycles. The van der Waals surface area contributed by atoms with Crippen molar-refractivity contribution >= 4 is 18.1 Å². The zero-order chi connectivity index (χ0) is 22.8. The third-order valence-corrected chi connectivity index (χ3v) is 5.56. The first-order valence-corrected chi connectivity index (χ1v) is 10.7. The van der Waals surface area contributed by atoms with Gasteiger partial charge >= 0.3 is 0 Å². The zero-order valence-electron chi connectivity index (χ0n) is 17.1. The van der Waals surface area contributed by atoms with Crippen molar-refractivity contribution in [2.75, 3.05) is 18.9 Å². The van der Waals surface area contributed by atoms with E-state index < -0.39 is 23.4 Å². The summed E-state index contributed by atoms with van der Waals surface area (Å²) in [5.74, 6) is -2.78. The van der Waals surface area contributed by atoms with E-state index in [0.29, 0.717) is 23.4 Å². The summed E-state index contributed by atoms with van der Waals surface area (Å²) in [7, 11) is 1.67. The van der Waals surface area contributed by atoms with Crippen LogP contribution in [0.5, 0.6) is 5.75 Å². The summed E-state index contributed by atoms with van der Waals surface area (Å²) < 4.78 is 61.2. The third kappa shape index (κ3) is 4.32. The summed E-state index contributed by atoms with van der Waals surface area (Å²) in [6.07, 6.45) is 0.397. The van der Waals surface area contributed by atoms with E-state index >= 15 is 0 Å². The molecule has 5 nitrogen and oxygen atoms in total. The van der Waals surface area contributed by atoms with Gasteiger partial charge in [0.15, 0.2) is 11.6 Å². The van der Waals surface area contributed by atoms with E-state index in [9.17, 15) is 21.9 Å². The van der Waals surface area contributed by atoms with Gasteiger partial charge < -0.3 is 9.64 Å². The molecule has 1 aliphatic rings. The lowest BCUT2D eigenvalue weighted by Crippen LogP contribution is -2.36. The largest absolute Gasteiger partial charge is 0.490 e. The van der Waals surface area contributed by atoms with Crippen molar-refractivity contribution in [1.29, 1.82) is 0 Å². The Hall–Kier alpha value is -3.01. The van der Waals surface area contributed by atoms with Crippen LogP contribution in [0.1, 0.15) is 21.6 Å². The van der Waals surface area contributed by atoms with E-state index in [1.807, 2.05) is 0 Å². The number of aromatic nitrogens is 2. The van der Waals surface area contributed by atoms with Gasteiger partial charge in [-0.1, -0.05) is 6.07 Å². The first-order valence-electron chi connectivity index (χ1n) is 9.84. The molecule has 4 rings (SSSR count). The highest BCUT2D eigenvalue weighted by Crippen LogP contribution is 2.32. The number of fused-ring (bicyclic) bond motifs is 1. The summed E-state index contributed by atoms with van der Waals surface area (Å²) in [6, 6.07) is 7.52. The van der Waals surface area contributed by atoms with Crippen molar-refractivity contribution in [3.05, 3.63) is 70.7 Å². The number of ether oxygens (including phenoxy) is 1. The Morgan fingerprint density at radius 3 is 2.66 bits per heavy atom. The fourth-order valence-corrected chi connectivity index (χ4v) is 4.03. The van der Waals surface area contributed by atoms with Crippen LogP contribution in [-0.4, -0.2) is 39.5 Å². The van der Waals surface area contributed by atoms with Crippen LogP contribution in [0.25, 0.3) is 11.3 Å². The van der Waals surface area contributed by atoms with Crippen molar-refractivity contribution in [2.45, 2.75) is 13.0 Å². The number of benzene rings is 2. The maximum Gasteiger partial charge on any atom is 0.257 e. The van der Waals surface area contributed by atoms with Crippen LogP contribution in [0, 0.1) is 17.5 Å². The van der Waals surface area contributed by atoms with Gasteiger partial charge in [0.25, 0.3) is 5.91 Å². The van der Waals surface area contributed by atoms with Gasteiger partial charge in [0.1, 0.15) is 11.6 Å². The molecule has 0 fully saturated rings. The lowest BCUT2D eigenvalue weighted by atomic mass is 9.99. The number of hydrogen-bond acceptors (Lipinski definition) is 4. The Balaban J connectivity index is 1.58. The molecular weight excluding hydrogens is 446 g/mol. The van der Waals surface area contributed by atoms with Crippen molar-refractivity contribution in [3.8, 4) is 17.0 Å². The summed E-state index contributed by atoms with van der Waals surface area (Å²) in [5.41, 5.74) is 2.17. The summed E-state index contributed by atoms with van der Waals surface area (Å²) in [6.45, 7) is 0.383. The maximum absolute atomic E-state index is 14.8. The van der Waals surface area contributed by atoms with Crippen LogP contribution >= 0.6 is 12.1 Å². The molecule has 0 aliphatic carbocycles. The Morgan fingerprint density at radius 1 is 1.19 bits per heavy atom. The molecule has 3 aromatic rings. The Labute approximate surface area is 186 Å². The molecule has 0 spiro atoms. The van der Waals surface area contributed by atoms with Crippen molar-refractivity contribution in [1.82, 2.24) is 14.7 Å². The highest BCUT2D eigenvalue weighted by atomic mass is 32.2. The second kappa shape index (κ2) is 9.23. The number of carbonyl (C=O) groups is 1. The molecule has 168 valence electrons. The lowest BCUT2D eigenvalue weighted by Gasteiger charge is -2.27. The quantitative estimate of drug-likeness (QED) is 0.391. The molecule has 2 aromatic carbocycles. The molecule has 1 aromatic heterocycles. The average Bonchev–Trinajstić information content (AvgIpc) is 3.08. The highest BCUT2D eigenvalue weighted by molar-refractivity contribution is 7.94. The number of aryl methyl sites for hydroxylation is 1. The summed E-state index contributed by atoms with van der Waals surface area (Å²) in [4.78, 5) is 14.5. The van der Waals surface area contributed by atoms with E-state index in [1.54, 1.807) is 7.05 Å². The maximum atomic E-state index is 14.8. The predicted molar refractivity (Wildman–Crippen MR) is 112 cm³/mol. The molecular formula is C22H19F4N3O2S. The van der Waals surface area contributed by atoms with E-state index in [0.717, 1.165) is 11.6 Å². The number of carbonyl (C=O) groups excluding carboxylic acids is 1. The molecule has 0 atom stereocenters. The molecule has 0 bridgehead atoms. The minimum Gasteiger partial charge on any atom is -0.490 e. The standard InChI is InChI=1S/C22H19F4N3O2S/c1-28-21(13-9-14(23)11-15(24)10-13)16-5-6-29(12-18(16)27-28)22(30)17-3-2-4-19(20(17)25)31-7-8-32-26/h2-4,9-11H,5-8,12H2,1H3. The monoisotopic (exact) mass is 465 g/mol. The average molecular weight is 465 g/mol. The van der Waals surface area contributed by atoms with Gasteiger partial charge in [0.05, 0.1) is 35.9 Å². The smallest absolute Gasteiger partial charge is 0.257 e. The van der Waals surface area contributed by atoms with Gasteiger partial charge in [0.2, 0.25) is 0 Å². The molecule has 0 saturated carbocycles. The minimum absolute atomic E-state index is 0.0276. The second-order valence-corrected chi connectivity index (χ2v) is 7.94. The SMILES string of the molecule is Cn1nc2c(c1-c1cc(F)cc(F)c1)CCN(C(=O)c1cccc(OCCSF)c1F)C2. The van der Waals surface area contributed by atoms with Crippen molar-refractivity contribution in [2.24, 2.45) is 7.05 Å². The molecule has 32 heavy (non-hydrogen) atoms. The predicted octanol–water partition coefficient (Wildman–Crippen LogP) is 4.70. The number of rotatable bonds is 6. The van der Waals surface area contributed by atoms with Crippen molar-refractivity contribution < 1.29 is 26.6 Å². The van der Waals surface area contributed by atoms with Crippen LogP contribution in [0.2, 0.25) is 0 Å². The number of halogens is 4. The minimum atomic E-state index is -0.802. The topological polar surface area (TPSA) is 47.4 Å². The Kier molecular flexibility index (Phi) is 6.40. The van der Waals surface area contributed by atoms with Gasteiger partial charge in [-0.05, 0) is 30.7 Å².